The van der Waals surface area contributed by atoms with Crippen LogP contribution in [-0.4, -0.2) is 56.4 Å². The summed E-state index contributed by atoms with van der Waals surface area (Å²) in [6, 6.07) is -0.197. The molecule has 5 nitrogen and oxygen atoms in total. The van der Waals surface area contributed by atoms with Crippen LogP contribution in [0.25, 0.3) is 0 Å². The molecule has 20 heavy (non-hydrogen) atoms. The van der Waals surface area contributed by atoms with Gasteiger partial charge in [-0.1, -0.05) is 13.3 Å². The van der Waals surface area contributed by atoms with Crippen molar-refractivity contribution in [2.45, 2.75) is 45.6 Å². The molecule has 0 aromatic heterocycles. The summed E-state index contributed by atoms with van der Waals surface area (Å²) in [7, 11) is -2.97. The van der Waals surface area contributed by atoms with E-state index in [0.717, 1.165) is 38.8 Å². The highest BCUT2D eigenvalue weighted by Crippen LogP contribution is 2.35. The molecule has 0 radical (unpaired) electrons. The number of sulfone groups is 1. The molecule has 0 saturated carbocycles. The second-order valence-electron chi connectivity index (χ2n) is 6.27. The van der Waals surface area contributed by atoms with Crippen LogP contribution >= 0.6 is 0 Å². The molecule has 2 heterocycles. The second kappa shape index (κ2) is 6.02. The first-order chi connectivity index (χ1) is 9.40. The predicted molar refractivity (Wildman–Crippen MR) is 79.3 cm³/mol. The fourth-order valence-corrected chi connectivity index (χ4v) is 5.11. The summed E-state index contributed by atoms with van der Waals surface area (Å²) in [6.07, 6.45) is 3.80. The van der Waals surface area contributed by atoms with Crippen LogP contribution in [0.15, 0.2) is 0 Å². The lowest BCUT2D eigenvalue weighted by Crippen LogP contribution is -2.58. The largest absolute Gasteiger partial charge is 0.337 e. The number of amides is 1. The van der Waals surface area contributed by atoms with E-state index in [9.17, 15) is 13.2 Å². The third-order valence-electron chi connectivity index (χ3n) is 4.59. The molecule has 2 fully saturated rings. The van der Waals surface area contributed by atoms with Crippen molar-refractivity contribution in [2.24, 2.45) is 5.41 Å². The molecule has 0 spiro atoms. The summed E-state index contributed by atoms with van der Waals surface area (Å²) >= 11 is 0. The topological polar surface area (TPSA) is 66.5 Å². The average Bonchev–Trinajstić information content (AvgIpc) is 2.38. The van der Waals surface area contributed by atoms with Crippen LogP contribution in [0.2, 0.25) is 0 Å². The van der Waals surface area contributed by atoms with Gasteiger partial charge in [-0.25, -0.2) is 8.42 Å². The van der Waals surface area contributed by atoms with Crippen LogP contribution in [0.4, 0.5) is 0 Å². The Morgan fingerprint density at radius 3 is 2.75 bits per heavy atom. The molecule has 2 saturated heterocycles. The van der Waals surface area contributed by atoms with E-state index in [-0.39, 0.29) is 28.9 Å². The number of carbonyl (C=O) groups is 1. The lowest BCUT2D eigenvalue weighted by Gasteiger charge is -2.43. The van der Waals surface area contributed by atoms with Crippen LogP contribution in [0.5, 0.6) is 0 Å². The minimum atomic E-state index is -2.97. The van der Waals surface area contributed by atoms with Gasteiger partial charge in [-0.2, -0.15) is 0 Å². The Labute approximate surface area is 122 Å². The minimum Gasteiger partial charge on any atom is -0.337 e. The highest BCUT2D eigenvalue weighted by Gasteiger charge is 2.44. The molecule has 2 aliphatic heterocycles. The normalized spacial score (nSPS) is 33.9. The summed E-state index contributed by atoms with van der Waals surface area (Å²) in [5.74, 6) is 0.376. The lowest BCUT2D eigenvalue weighted by molar-refractivity contribution is -0.145. The Morgan fingerprint density at radius 2 is 2.20 bits per heavy atom. The van der Waals surface area contributed by atoms with E-state index in [0.29, 0.717) is 6.54 Å². The molecule has 2 rings (SSSR count). The highest BCUT2D eigenvalue weighted by atomic mass is 32.2. The molecule has 1 N–H and O–H groups in total. The molecule has 2 unspecified atom stereocenters. The number of carbonyl (C=O) groups excluding carboxylic acids is 1. The first-order valence-electron chi connectivity index (χ1n) is 7.62. The maximum absolute atomic E-state index is 13.0. The number of nitrogens with zero attached hydrogens (tertiary/aromatic N) is 1. The van der Waals surface area contributed by atoms with Gasteiger partial charge in [0.25, 0.3) is 0 Å². The Balaban J connectivity index is 2.15. The quantitative estimate of drug-likeness (QED) is 0.837. The summed E-state index contributed by atoms with van der Waals surface area (Å²) in [4.78, 5) is 14.8. The summed E-state index contributed by atoms with van der Waals surface area (Å²) < 4.78 is 23.3. The maximum atomic E-state index is 13.0. The van der Waals surface area contributed by atoms with Gasteiger partial charge in [0, 0.05) is 19.1 Å². The predicted octanol–water partition coefficient (Wildman–Crippen LogP) is 0.802. The SMILES string of the molecule is CCCC1(C(=O)N2CCS(=O)(=O)CC2C)CCCNC1. The Morgan fingerprint density at radius 1 is 1.45 bits per heavy atom. The number of rotatable bonds is 3. The van der Waals surface area contributed by atoms with E-state index in [4.69, 9.17) is 0 Å². The van der Waals surface area contributed by atoms with Crippen LogP contribution in [0, 0.1) is 5.41 Å². The van der Waals surface area contributed by atoms with Gasteiger partial charge >= 0.3 is 0 Å². The van der Waals surface area contributed by atoms with Gasteiger partial charge in [-0.15, -0.1) is 0 Å². The van der Waals surface area contributed by atoms with E-state index < -0.39 is 9.84 Å². The van der Waals surface area contributed by atoms with E-state index >= 15 is 0 Å². The van der Waals surface area contributed by atoms with Crippen molar-refractivity contribution < 1.29 is 13.2 Å². The van der Waals surface area contributed by atoms with Crippen molar-refractivity contribution in [3.8, 4) is 0 Å². The van der Waals surface area contributed by atoms with Gasteiger partial charge in [0.2, 0.25) is 5.91 Å². The van der Waals surface area contributed by atoms with Crippen molar-refractivity contribution in [3.63, 3.8) is 0 Å². The smallest absolute Gasteiger partial charge is 0.230 e. The van der Waals surface area contributed by atoms with Crippen molar-refractivity contribution in [1.82, 2.24) is 10.2 Å². The molecule has 0 aliphatic carbocycles. The first kappa shape index (κ1) is 15.8. The monoisotopic (exact) mass is 302 g/mol. The summed E-state index contributed by atoms with van der Waals surface area (Å²) in [5.41, 5.74) is -0.317. The van der Waals surface area contributed by atoms with Crippen molar-refractivity contribution in [1.29, 1.82) is 0 Å². The van der Waals surface area contributed by atoms with Gasteiger partial charge in [0.1, 0.15) is 0 Å². The van der Waals surface area contributed by atoms with Gasteiger partial charge in [0.05, 0.1) is 16.9 Å². The third kappa shape index (κ3) is 3.17. The van der Waals surface area contributed by atoms with Crippen LogP contribution in [0.1, 0.15) is 39.5 Å². The third-order valence-corrected chi connectivity index (χ3v) is 6.38. The Hall–Kier alpha value is -0.620. The van der Waals surface area contributed by atoms with Crippen molar-refractivity contribution in [2.75, 3.05) is 31.1 Å². The first-order valence-corrected chi connectivity index (χ1v) is 9.44. The standard InChI is InChI=1S/C14H26N2O3S/c1-3-5-14(6-4-7-15-11-14)13(17)16-8-9-20(18,19)10-12(16)2/h12,15H,3-11H2,1-2H3. The van der Waals surface area contributed by atoms with Gasteiger partial charge in [0.15, 0.2) is 9.84 Å². The molecular weight excluding hydrogens is 276 g/mol. The summed E-state index contributed by atoms with van der Waals surface area (Å²) in [6.45, 7) is 6.02. The number of nitrogens with one attached hydrogen (secondary N) is 1. The maximum Gasteiger partial charge on any atom is 0.230 e. The zero-order valence-electron chi connectivity index (χ0n) is 12.5. The zero-order valence-corrected chi connectivity index (χ0v) is 13.3. The minimum absolute atomic E-state index is 0.106. The van der Waals surface area contributed by atoms with Crippen molar-refractivity contribution >= 4 is 15.7 Å². The van der Waals surface area contributed by atoms with E-state index in [1.807, 2.05) is 11.8 Å². The molecule has 2 atom stereocenters. The van der Waals surface area contributed by atoms with E-state index in [1.54, 1.807) is 0 Å². The fourth-order valence-electron chi connectivity index (χ4n) is 3.55. The number of hydrogen-bond donors (Lipinski definition) is 1. The van der Waals surface area contributed by atoms with Crippen LogP contribution in [-0.2, 0) is 14.6 Å². The molecule has 0 bridgehead atoms. The number of piperidine rings is 1. The van der Waals surface area contributed by atoms with Gasteiger partial charge in [-0.05, 0) is 32.7 Å². The van der Waals surface area contributed by atoms with E-state index in [1.165, 1.54) is 0 Å². The molecule has 116 valence electrons. The van der Waals surface area contributed by atoms with Crippen molar-refractivity contribution in [3.05, 3.63) is 0 Å². The van der Waals surface area contributed by atoms with Gasteiger partial charge < -0.3 is 10.2 Å². The summed E-state index contributed by atoms with van der Waals surface area (Å²) in [5, 5.41) is 3.35. The van der Waals surface area contributed by atoms with Gasteiger partial charge in [-0.3, -0.25) is 4.79 Å². The molecule has 1 amide bonds. The van der Waals surface area contributed by atoms with Crippen LogP contribution in [0.3, 0.4) is 0 Å². The zero-order chi connectivity index (χ0) is 14.8. The lowest BCUT2D eigenvalue weighted by atomic mass is 9.75. The second-order valence-corrected chi connectivity index (χ2v) is 8.50. The molecule has 6 heteroatoms. The molecular formula is C14H26N2O3S. The number of hydrogen-bond acceptors (Lipinski definition) is 4. The average molecular weight is 302 g/mol. The van der Waals surface area contributed by atoms with E-state index in [2.05, 4.69) is 12.2 Å². The highest BCUT2D eigenvalue weighted by molar-refractivity contribution is 7.91. The molecule has 2 aliphatic rings. The van der Waals surface area contributed by atoms with Crippen LogP contribution < -0.4 is 5.32 Å². The Kier molecular flexibility index (Phi) is 4.74. The molecule has 0 aromatic carbocycles. The molecule has 0 aromatic rings. The fraction of sp³-hybridized carbons (Fsp3) is 0.929. The Bertz CT molecular complexity index is 450.